The number of hydrogen-bond acceptors (Lipinski definition) is 9. The number of Topliss-reactive ketones (excluding diaryl/α,β-unsaturated/α-hetero) is 2. The molecule has 2 saturated heterocycles. The summed E-state index contributed by atoms with van der Waals surface area (Å²) in [5.74, 6) is 0.518. The molecule has 0 spiro atoms. The minimum absolute atomic E-state index is 0. The van der Waals surface area contributed by atoms with Crippen molar-refractivity contribution < 1.29 is 81.2 Å². The molecule has 432 valence electrons. The molecular weight excluding hydrogens is 1120 g/mol. The van der Waals surface area contributed by atoms with Crippen LogP contribution in [0.5, 0.6) is 23.0 Å². The van der Waals surface area contributed by atoms with E-state index in [9.17, 15) is 62.3 Å². The molecule has 8 rings (SSSR count). The van der Waals surface area contributed by atoms with Crippen molar-refractivity contribution in [3.63, 3.8) is 0 Å². The molecule has 2 heterocycles. The number of para-hydroxylation sites is 2. The van der Waals surface area contributed by atoms with E-state index < -0.39 is 47.0 Å². The Bertz CT molecular complexity index is 2500. The zero-order valence-electron chi connectivity index (χ0n) is 41.4. The molecule has 2 aliphatic heterocycles. The van der Waals surface area contributed by atoms with Gasteiger partial charge in [0, 0.05) is 43.0 Å². The number of halogens is 13. The molecule has 9 nitrogen and oxygen atoms in total. The Hall–Kier alpha value is -5.53. The highest BCUT2D eigenvalue weighted by Gasteiger charge is 2.49. The van der Waals surface area contributed by atoms with E-state index in [-0.39, 0.29) is 61.3 Å². The lowest BCUT2D eigenvalue weighted by Crippen LogP contribution is -2.50. The summed E-state index contributed by atoms with van der Waals surface area (Å²) in [5, 5.41) is 10.7. The first-order chi connectivity index (χ1) is 35.8. The Kier molecular flexibility index (Phi) is 25.3. The number of carbonyl (C=O) groups excluding carboxylic acids is 2. The van der Waals surface area contributed by atoms with Crippen LogP contribution in [0.2, 0.25) is 0 Å². The smallest absolute Gasteiger partial charge is 0.493 e. The fourth-order valence-electron chi connectivity index (χ4n) is 9.50. The number of likely N-dealkylation sites (tertiary alicyclic amines) is 1. The molecule has 2 aliphatic carbocycles. The number of nitriles is 1. The number of nitrogens with zero attached hydrogens (tertiary/aromatic N) is 2. The van der Waals surface area contributed by atoms with Gasteiger partial charge in [-0.05, 0) is 125 Å². The number of carbonyl (C=O) groups is 2. The van der Waals surface area contributed by atoms with Crippen molar-refractivity contribution in [2.24, 2.45) is 11.8 Å². The van der Waals surface area contributed by atoms with Crippen molar-refractivity contribution in [1.82, 2.24) is 10.2 Å². The third-order valence-electron chi connectivity index (χ3n) is 13.6. The molecule has 1 N–H and O–H groups in total. The molecule has 4 aliphatic rings. The maximum Gasteiger partial charge on any atom is 0.573 e. The van der Waals surface area contributed by atoms with Crippen LogP contribution in [0.3, 0.4) is 0 Å². The van der Waals surface area contributed by atoms with Crippen molar-refractivity contribution in [3.8, 4) is 29.1 Å². The van der Waals surface area contributed by atoms with Gasteiger partial charge in [-0.2, -0.15) is 31.6 Å². The number of hydrogen-bond donors (Lipinski definition) is 1. The molecule has 0 aromatic heterocycles. The van der Waals surface area contributed by atoms with Gasteiger partial charge >= 0.3 is 25.1 Å². The van der Waals surface area contributed by atoms with Crippen LogP contribution < -0.4 is 24.3 Å². The van der Waals surface area contributed by atoms with Crippen molar-refractivity contribution >= 4 is 27.5 Å². The summed E-state index contributed by atoms with van der Waals surface area (Å²) in [6.45, 7) is 5.58. The summed E-state index contributed by atoms with van der Waals surface area (Å²) in [4.78, 5) is 27.5. The van der Waals surface area contributed by atoms with Gasteiger partial charge in [-0.15, -0.1) is 26.3 Å². The van der Waals surface area contributed by atoms with Gasteiger partial charge in [0.25, 0.3) is 0 Å². The van der Waals surface area contributed by atoms with Gasteiger partial charge in [-0.25, -0.2) is 0 Å². The van der Waals surface area contributed by atoms with Gasteiger partial charge in [0.15, 0.2) is 11.6 Å². The molecule has 4 aromatic rings. The zero-order valence-corrected chi connectivity index (χ0v) is 43.0. The normalized spacial score (nSPS) is 18.6. The van der Waals surface area contributed by atoms with Crippen LogP contribution >= 0.6 is 15.9 Å². The highest BCUT2D eigenvalue weighted by molar-refractivity contribution is 9.09. The van der Waals surface area contributed by atoms with Crippen molar-refractivity contribution in [2.45, 2.75) is 122 Å². The van der Waals surface area contributed by atoms with Crippen LogP contribution in [0.1, 0.15) is 108 Å². The summed E-state index contributed by atoms with van der Waals surface area (Å²) in [7, 11) is 0. The van der Waals surface area contributed by atoms with E-state index in [4.69, 9.17) is 14.7 Å². The number of nitrogens with one attached hydrogen (secondary N) is 1. The lowest BCUT2D eigenvalue weighted by Gasteiger charge is -2.43. The van der Waals surface area contributed by atoms with E-state index in [2.05, 4.69) is 30.7 Å². The van der Waals surface area contributed by atoms with Crippen LogP contribution in [0.25, 0.3) is 0 Å². The third-order valence-corrected chi connectivity index (χ3v) is 14.1. The van der Waals surface area contributed by atoms with E-state index in [1.54, 1.807) is 24.3 Å². The molecule has 22 heteroatoms. The Morgan fingerprint density at radius 1 is 0.628 bits per heavy atom. The molecular formula is C56H66BrF12N3O6. The summed E-state index contributed by atoms with van der Waals surface area (Å²) in [6, 6.07) is 22.8. The second-order valence-electron chi connectivity index (χ2n) is 18.8. The molecule has 0 radical (unpaired) electrons. The third kappa shape index (κ3) is 19.4. The fourth-order valence-corrected chi connectivity index (χ4v) is 10.0. The van der Waals surface area contributed by atoms with Gasteiger partial charge < -0.3 is 24.3 Å². The standard InChI is InChI=1S/C26H27F6NO3.C13H12BrF3O2.C13H16F3NO.C2H3N.2CH4/c27-25(28,29)19-8-10-20(11-9-19)35-17-18-5-3-14-33(15-18)16-23(34)24(12-4-13-24)21-6-1-2-7-22(21)36-26(30,31)32;14-8-11(18)12(6-3-7-12)9-4-1-2-5-10(9)19-13(15,16)17;14-13(15,16)11-3-5-12(6-4-11)18-9-10-2-1-7-17-8-10;1-2-3;;/h1-2,6-11,18H,3-5,12-17H2;1-2,4-5H,3,6-8H2;3-6,10,17H,1-2,7-9H2;1H3;2*1H4/t18-;;10-;;;/m0.0.../s1. The number of benzene rings is 4. The van der Waals surface area contributed by atoms with Crippen molar-refractivity contribution in [1.29, 1.82) is 5.26 Å². The Morgan fingerprint density at radius 3 is 1.41 bits per heavy atom. The SMILES string of the molecule is C.C.CC#N.FC(F)(F)c1ccc(OC[C@H]2CCCNC2)cc1.O=C(CBr)C1(c2ccccc2OC(F)(F)F)CCC1.O=C(CN1CCC[C@H](COc2ccc(C(F)(F)F)cc2)C1)C1(c2ccccc2OC(F)(F)F)CCC1. The van der Waals surface area contributed by atoms with E-state index in [0.717, 1.165) is 75.9 Å². The minimum atomic E-state index is -4.85. The summed E-state index contributed by atoms with van der Waals surface area (Å²) >= 11 is 3.10. The van der Waals surface area contributed by atoms with Crippen molar-refractivity contribution in [2.75, 3.05) is 51.3 Å². The van der Waals surface area contributed by atoms with Gasteiger partial charge in [-0.3, -0.25) is 14.5 Å². The monoisotopic (exact) mass is 1180 g/mol. The Balaban J connectivity index is 0.000000322. The largest absolute Gasteiger partial charge is 0.573 e. The number of alkyl halides is 13. The number of piperidine rings is 2. The van der Waals surface area contributed by atoms with Gasteiger partial charge in [-0.1, -0.05) is 80.0 Å². The first kappa shape index (κ1) is 66.7. The van der Waals surface area contributed by atoms with Crippen LogP contribution in [0, 0.1) is 23.2 Å². The lowest BCUT2D eigenvalue weighted by atomic mass is 9.61. The molecule has 0 amide bonds. The second kappa shape index (κ2) is 29.6. The average molecular weight is 1190 g/mol. The summed E-state index contributed by atoms with van der Waals surface area (Å²) in [6.07, 6.45) is -10.8. The molecule has 2 saturated carbocycles. The summed E-state index contributed by atoms with van der Waals surface area (Å²) in [5.41, 5.74) is -2.60. The Labute approximate surface area is 456 Å². The number of ketones is 2. The number of ether oxygens (including phenoxy) is 4. The van der Waals surface area contributed by atoms with Crippen molar-refractivity contribution in [3.05, 3.63) is 119 Å². The van der Waals surface area contributed by atoms with E-state index in [1.807, 2.05) is 4.90 Å². The molecule has 0 bridgehead atoms. The fraction of sp³-hybridized carbons (Fsp3) is 0.518. The molecule has 0 unspecified atom stereocenters. The zero-order chi connectivity index (χ0) is 55.8. The maximum atomic E-state index is 13.4. The molecule has 4 aromatic carbocycles. The quantitative estimate of drug-likeness (QED) is 0.0919. The van der Waals surface area contributed by atoms with Gasteiger partial charge in [0.05, 0.1) is 53.1 Å². The highest BCUT2D eigenvalue weighted by atomic mass is 79.9. The maximum absolute atomic E-state index is 13.4. The first-order valence-corrected chi connectivity index (χ1v) is 25.6. The highest BCUT2D eigenvalue weighted by Crippen LogP contribution is 2.50. The predicted octanol–water partition coefficient (Wildman–Crippen LogP) is 15.2. The summed E-state index contributed by atoms with van der Waals surface area (Å²) < 4.78 is 171. The second-order valence-corrected chi connectivity index (χ2v) is 19.3. The topological polar surface area (TPSA) is 110 Å². The van der Waals surface area contributed by atoms with Crippen LogP contribution in [-0.2, 0) is 32.8 Å². The van der Waals surface area contributed by atoms with E-state index >= 15 is 0 Å². The molecule has 4 fully saturated rings. The Morgan fingerprint density at radius 2 is 1.04 bits per heavy atom. The molecule has 78 heavy (non-hydrogen) atoms. The van der Waals surface area contributed by atoms with E-state index in [0.29, 0.717) is 75.0 Å². The first-order valence-electron chi connectivity index (χ1n) is 24.5. The lowest BCUT2D eigenvalue weighted by molar-refractivity contribution is -0.276. The van der Waals surface area contributed by atoms with Crippen LogP contribution in [0.15, 0.2) is 97.1 Å². The van der Waals surface area contributed by atoms with Gasteiger partial charge in [0.1, 0.15) is 23.0 Å². The average Bonchev–Trinajstić information content (AvgIpc) is 3.33. The minimum Gasteiger partial charge on any atom is -0.493 e. The van der Waals surface area contributed by atoms with E-state index in [1.165, 1.54) is 61.5 Å². The van der Waals surface area contributed by atoms with Crippen LogP contribution in [0.4, 0.5) is 52.7 Å². The number of rotatable bonds is 15. The van der Waals surface area contributed by atoms with Gasteiger partial charge in [0.2, 0.25) is 0 Å². The molecule has 2 atom stereocenters. The van der Waals surface area contributed by atoms with Crippen LogP contribution in [-0.4, -0.2) is 80.5 Å². The predicted molar refractivity (Wildman–Crippen MR) is 275 cm³/mol.